The summed E-state index contributed by atoms with van der Waals surface area (Å²) in [6.07, 6.45) is 3.10. The molecule has 1 atom stereocenters. The van der Waals surface area contributed by atoms with E-state index in [1.165, 1.54) is 0 Å². The molecule has 2 fully saturated rings. The van der Waals surface area contributed by atoms with Gasteiger partial charge in [0.05, 0.1) is 12.1 Å². The number of hydrogen-bond donors (Lipinski definition) is 1. The van der Waals surface area contributed by atoms with E-state index in [2.05, 4.69) is 16.3 Å². The molecular weight excluding hydrogens is 216 g/mol. The molecule has 1 heterocycles. The van der Waals surface area contributed by atoms with E-state index < -0.39 is 0 Å². The standard InChI is InChI=1S/C12H20N4O/c1-2-11(9-13)15-5-7-16(8-6-15)12(17)14-10-3-4-10/h10-11H,2-8H2,1H3,(H,14,17). The fraction of sp³-hybridized carbons (Fsp3) is 0.833. The number of piperazine rings is 1. The Kier molecular flexibility index (Phi) is 3.85. The maximum absolute atomic E-state index is 11.8. The van der Waals surface area contributed by atoms with Gasteiger partial charge in [0.25, 0.3) is 0 Å². The lowest BCUT2D eigenvalue weighted by molar-refractivity contribution is 0.123. The number of rotatable bonds is 3. The summed E-state index contributed by atoms with van der Waals surface area (Å²) >= 11 is 0. The smallest absolute Gasteiger partial charge is 0.317 e. The van der Waals surface area contributed by atoms with Crippen molar-refractivity contribution in [2.45, 2.75) is 38.3 Å². The number of urea groups is 1. The van der Waals surface area contributed by atoms with Crippen molar-refractivity contribution in [2.24, 2.45) is 0 Å². The van der Waals surface area contributed by atoms with Gasteiger partial charge in [-0.1, -0.05) is 6.92 Å². The summed E-state index contributed by atoms with van der Waals surface area (Å²) in [6.45, 7) is 5.11. The molecule has 0 aromatic heterocycles. The fourth-order valence-corrected chi connectivity index (χ4v) is 2.16. The van der Waals surface area contributed by atoms with Gasteiger partial charge in [-0.15, -0.1) is 0 Å². The molecule has 2 rings (SSSR count). The molecule has 0 bridgehead atoms. The van der Waals surface area contributed by atoms with Crippen LogP contribution in [0.25, 0.3) is 0 Å². The van der Waals surface area contributed by atoms with E-state index in [-0.39, 0.29) is 12.1 Å². The molecule has 94 valence electrons. The van der Waals surface area contributed by atoms with Gasteiger partial charge in [0, 0.05) is 32.2 Å². The van der Waals surface area contributed by atoms with Gasteiger partial charge in [0.15, 0.2) is 0 Å². The van der Waals surface area contributed by atoms with Crippen LogP contribution in [0.15, 0.2) is 0 Å². The predicted molar refractivity (Wildman–Crippen MR) is 64.4 cm³/mol. The Morgan fingerprint density at radius 2 is 2.06 bits per heavy atom. The van der Waals surface area contributed by atoms with E-state index in [4.69, 9.17) is 5.26 Å². The largest absolute Gasteiger partial charge is 0.335 e. The first kappa shape index (κ1) is 12.2. The predicted octanol–water partition coefficient (Wildman–Crippen LogP) is 0.778. The van der Waals surface area contributed by atoms with Gasteiger partial charge in [-0.3, -0.25) is 4.90 Å². The van der Waals surface area contributed by atoms with Crippen molar-refractivity contribution < 1.29 is 4.79 Å². The van der Waals surface area contributed by atoms with Crippen LogP contribution in [0.5, 0.6) is 0 Å². The minimum absolute atomic E-state index is 0.00337. The molecule has 0 aromatic rings. The summed E-state index contributed by atoms with van der Waals surface area (Å²) < 4.78 is 0. The maximum Gasteiger partial charge on any atom is 0.317 e. The molecule has 1 saturated carbocycles. The highest BCUT2D eigenvalue weighted by molar-refractivity contribution is 5.75. The number of amides is 2. The van der Waals surface area contributed by atoms with Crippen LogP contribution in [0.3, 0.4) is 0 Å². The highest BCUT2D eigenvalue weighted by Gasteiger charge is 2.29. The summed E-state index contributed by atoms with van der Waals surface area (Å²) in [5, 5.41) is 12.0. The molecule has 1 aliphatic heterocycles. The Bertz CT molecular complexity index is 313. The van der Waals surface area contributed by atoms with Crippen molar-refractivity contribution >= 4 is 6.03 Å². The zero-order valence-electron chi connectivity index (χ0n) is 10.4. The van der Waals surface area contributed by atoms with Gasteiger partial charge in [-0.25, -0.2) is 4.79 Å². The Balaban J connectivity index is 1.77. The molecule has 0 radical (unpaired) electrons. The van der Waals surface area contributed by atoms with Crippen LogP contribution >= 0.6 is 0 Å². The topological polar surface area (TPSA) is 59.4 Å². The fourth-order valence-electron chi connectivity index (χ4n) is 2.16. The van der Waals surface area contributed by atoms with Gasteiger partial charge >= 0.3 is 6.03 Å². The van der Waals surface area contributed by atoms with Crippen molar-refractivity contribution in [3.8, 4) is 6.07 Å². The van der Waals surface area contributed by atoms with Crippen molar-refractivity contribution in [3.63, 3.8) is 0 Å². The first-order valence-corrected chi connectivity index (χ1v) is 6.43. The minimum atomic E-state index is 0.00337. The molecule has 1 aliphatic carbocycles. The van der Waals surface area contributed by atoms with Crippen molar-refractivity contribution in [3.05, 3.63) is 0 Å². The SMILES string of the molecule is CCC(C#N)N1CCN(C(=O)NC2CC2)CC1. The van der Waals surface area contributed by atoms with Crippen LogP contribution in [0, 0.1) is 11.3 Å². The molecule has 17 heavy (non-hydrogen) atoms. The highest BCUT2D eigenvalue weighted by Crippen LogP contribution is 2.19. The molecule has 5 nitrogen and oxygen atoms in total. The van der Waals surface area contributed by atoms with E-state index in [0.29, 0.717) is 6.04 Å². The average Bonchev–Trinajstić information content (AvgIpc) is 3.15. The second-order valence-corrected chi connectivity index (χ2v) is 4.80. The molecule has 1 unspecified atom stereocenters. The third kappa shape index (κ3) is 3.10. The lowest BCUT2D eigenvalue weighted by Crippen LogP contribution is -2.54. The van der Waals surface area contributed by atoms with E-state index in [1.807, 2.05) is 11.8 Å². The molecule has 2 amide bonds. The van der Waals surface area contributed by atoms with Crippen LogP contribution in [-0.4, -0.2) is 54.1 Å². The Morgan fingerprint density at radius 1 is 1.41 bits per heavy atom. The first-order valence-electron chi connectivity index (χ1n) is 6.43. The number of carbonyl (C=O) groups is 1. The highest BCUT2D eigenvalue weighted by atomic mass is 16.2. The third-order valence-corrected chi connectivity index (χ3v) is 3.48. The van der Waals surface area contributed by atoms with Gasteiger partial charge in [0.1, 0.15) is 0 Å². The Labute approximate surface area is 102 Å². The number of nitriles is 1. The number of carbonyl (C=O) groups excluding carboxylic acids is 1. The molecule has 5 heteroatoms. The minimum Gasteiger partial charge on any atom is -0.335 e. The van der Waals surface area contributed by atoms with Crippen LogP contribution in [0.2, 0.25) is 0 Å². The van der Waals surface area contributed by atoms with Crippen molar-refractivity contribution in [1.82, 2.24) is 15.1 Å². The lowest BCUT2D eigenvalue weighted by atomic mass is 10.2. The van der Waals surface area contributed by atoms with Gasteiger partial charge in [0.2, 0.25) is 0 Å². The summed E-state index contributed by atoms with van der Waals surface area (Å²) in [5.41, 5.74) is 0. The molecule has 2 aliphatic rings. The molecule has 1 N–H and O–H groups in total. The number of nitrogens with zero attached hydrogens (tertiary/aromatic N) is 3. The number of hydrogen-bond acceptors (Lipinski definition) is 3. The van der Waals surface area contributed by atoms with Gasteiger partial charge in [-0.2, -0.15) is 5.26 Å². The Hall–Kier alpha value is -1.28. The summed E-state index contributed by atoms with van der Waals surface area (Å²) in [6, 6.07) is 2.80. The molecule has 0 spiro atoms. The van der Waals surface area contributed by atoms with E-state index >= 15 is 0 Å². The third-order valence-electron chi connectivity index (χ3n) is 3.48. The van der Waals surface area contributed by atoms with Crippen molar-refractivity contribution in [2.75, 3.05) is 26.2 Å². The van der Waals surface area contributed by atoms with E-state index in [0.717, 1.165) is 45.4 Å². The van der Waals surface area contributed by atoms with Crippen LogP contribution in [-0.2, 0) is 0 Å². The summed E-state index contributed by atoms with van der Waals surface area (Å²) in [7, 11) is 0. The quantitative estimate of drug-likeness (QED) is 0.787. The maximum atomic E-state index is 11.8. The van der Waals surface area contributed by atoms with Crippen LogP contribution < -0.4 is 5.32 Å². The first-order chi connectivity index (χ1) is 8.24. The van der Waals surface area contributed by atoms with Gasteiger partial charge in [-0.05, 0) is 19.3 Å². The van der Waals surface area contributed by atoms with E-state index in [1.54, 1.807) is 0 Å². The van der Waals surface area contributed by atoms with Crippen molar-refractivity contribution in [1.29, 1.82) is 5.26 Å². The van der Waals surface area contributed by atoms with Crippen LogP contribution in [0.4, 0.5) is 4.79 Å². The normalized spacial score (nSPS) is 22.9. The second-order valence-electron chi connectivity index (χ2n) is 4.80. The van der Waals surface area contributed by atoms with Crippen LogP contribution in [0.1, 0.15) is 26.2 Å². The monoisotopic (exact) mass is 236 g/mol. The summed E-state index contributed by atoms with van der Waals surface area (Å²) in [4.78, 5) is 15.8. The summed E-state index contributed by atoms with van der Waals surface area (Å²) in [5.74, 6) is 0. The molecule has 0 aromatic carbocycles. The second kappa shape index (κ2) is 5.37. The van der Waals surface area contributed by atoms with Gasteiger partial charge < -0.3 is 10.2 Å². The Morgan fingerprint density at radius 3 is 2.53 bits per heavy atom. The number of nitrogens with one attached hydrogen (secondary N) is 1. The molecular formula is C12H20N4O. The average molecular weight is 236 g/mol. The lowest BCUT2D eigenvalue weighted by Gasteiger charge is -2.36. The zero-order chi connectivity index (χ0) is 12.3. The molecule has 1 saturated heterocycles. The van der Waals surface area contributed by atoms with E-state index in [9.17, 15) is 4.79 Å². The zero-order valence-corrected chi connectivity index (χ0v) is 10.4.